The average molecular weight is 278 g/mol. The van der Waals surface area contributed by atoms with E-state index in [9.17, 15) is 13.6 Å². The SMILES string of the molecule is COC(=O)C(C)(C)[C@H](N)c1c(F)ccc(Cl)c1F. The number of esters is 1. The van der Waals surface area contributed by atoms with Crippen LogP contribution in [0.2, 0.25) is 5.02 Å². The van der Waals surface area contributed by atoms with E-state index in [1.807, 2.05) is 0 Å². The lowest BCUT2D eigenvalue weighted by Crippen LogP contribution is -2.38. The Morgan fingerprint density at radius 2 is 2.00 bits per heavy atom. The van der Waals surface area contributed by atoms with Crippen molar-refractivity contribution in [3.05, 3.63) is 34.4 Å². The van der Waals surface area contributed by atoms with Gasteiger partial charge in [0, 0.05) is 5.56 Å². The first-order chi connectivity index (χ1) is 8.23. The highest BCUT2D eigenvalue weighted by atomic mass is 35.5. The molecule has 1 aromatic carbocycles. The van der Waals surface area contributed by atoms with E-state index in [0.717, 1.165) is 12.1 Å². The summed E-state index contributed by atoms with van der Waals surface area (Å²) in [6, 6.07) is 0.894. The lowest BCUT2D eigenvalue weighted by atomic mass is 9.80. The van der Waals surface area contributed by atoms with Crippen molar-refractivity contribution in [1.29, 1.82) is 0 Å². The molecule has 0 heterocycles. The number of rotatable bonds is 3. The van der Waals surface area contributed by atoms with Gasteiger partial charge in [-0.05, 0) is 26.0 Å². The van der Waals surface area contributed by atoms with Gasteiger partial charge < -0.3 is 10.5 Å². The summed E-state index contributed by atoms with van der Waals surface area (Å²) in [5.74, 6) is -2.46. The van der Waals surface area contributed by atoms with Crippen LogP contribution in [0, 0.1) is 17.0 Å². The molecule has 0 bridgehead atoms. The molecule has 1 atom stereocenters. The maximum atomic E-state index is 13.8. The highest BCUT2D eigenvalue weighted by Crippen LogP contribution is 2.36. The van der Waals surface area contributed by atoms with E-state index < -0.39 is 34.6 Å². The van der Waals surface area contributed by atoms with Crippen molar-refractivity contribution >= 4 is 17.6 Å². The lowest BCUT2D eigenvalue weighted by molar-refractivity contribution is -0.152. The minimum Gasteiger partial charge on any atom is -0.469 e. The van der Waals surface area contributed by atoms with Crippen LogP contribution in [0.1, 0.15) is 25.5 Å². The van der Waals surface area contributed by atoms with Gasteiger partial charge in [-0.25, -0.2) is 8.78 Å². The number of nitrogens with two attached hydrogens (primary N) is 1. The zero-order valence-corrected chi connectivity index (χ0v) is 11.0. The zero-order valence-electron chi connectivity index (χ0n) is 10.3. The van der Waals surface area contributed by atoms with Crippen molar-refractivity contribution < 1.29 is 18.3 Å². The van der Waals surface area contributed by atoms with Gasteiger partial charge in [0.15, 0.2) is 0 Å². The molecular formula is C12H14ClF2NO2. The van der Waals surface area contributed by atoms with Crippen molar-refractivity contribution in [3.8, 4) is 0 Å². The van der Waals surface area contributed by atoms with Crippen LogP contribution in [0.4, 0.5) is 8.78 Å². The molecule has 0 saturated carbocycles. The number of ether oxygens (including phenoxy) is 1. The Bertz CT molecular complexity index is 477. The van der Waals surface area contributed by atoms with Gasteiger partial charge in [-0.15, -0.1) is 0 Å². The third kappa shape index (κ3) is 2.47. The Hall–Kier alpha value is -1.20. The fourth-order valence-electron chi connectivity index (χ4n) is 1.58. The van der Waals surface area contributed by atoms with Gasteiger partial charge in [-0.1, -0.05) is 11.6 Å². The van der Waals surface area contributed by atoms with Gasteiger partial charge in [0.1, 0.15) is 11.6 Å². The first-order valence-corrected chi connectivity index (χ1v) is 5.58. The van der Waals surface area contributed by atoms with Crippen LogP contribution in [0.3, 0.4) is 0 Å². The Labute approximate surface area is 109 Å². The molecule has 0 aromatic heterocycles. The van der Waals surface area contributed by atoms with Crippen molar-refractivity contribution in [2.75, 3.05) is 7.11 Å². The summed E-state index contributed by atoms with van der Waals surface area (Å²) in [5.41, 5.74) is 4.09. The normalized spacial score (nSPS) is 13.3. The molecule has 0 unspecified atom stereocenters. The lowest BCUT2D eigenvalue weighted by Gasteiger charge is -2.29. The predicted octanol–water partition coefficient (Wildman–Crippen LogP) is 2.82. The van der Waals surface area contributed by atoms with Crippen LogP contribution in [0.25, 0.3) is 0 Å². The largest absolute Gasteiger partial charge is 0.469 e. The molecule has 6 heteroatoms. The molecule has 0 aliphatic rings. The van der Waals surface area contributed by atoms with Crippen LogP contribution in [-0.4, -0.2) is 13.1 Å². The van der Waals surface area contributed by atoms with Crippen LogP contribution in [0.15, 0.2) is 12.1 Å². The van der Waals surface area contributed by atoms with Gasteiger partial charge in [0.25, 0.3) is 0 Å². The summed E-state index contributed by atoms with van der Waals surface area (Å²) in [4.78, 5) is 11.6. The van der Waals surface area contributed by atoms with Crippen molar-refractivity contribution in [3.63, 3.8) is 0 Å². The van der Waals surface area contributed by atoms with Gasteiger partial charge in [-0.3, -0.25) is 4.79 Å². The van der Waals surface area contributed by atoms with Gasteiger partial charge in [-0.2, -0.15) is 0 Å². The highest BCUT2D eigenvalue weighted by Gasteiger charge is 2.39. The van der Waals surface area contributed by atoms with Crippen LogP contribution in [-0.2, 0) is 9.53 Å². The third-order valence-corrected chi connectivity index (χ3v) is 3.17. The third-order valence-electron chi connectivity index (χ3n) is 2.88. The second-order valence-corrected chi connectivity index (χ2v) is 4.86. The number of methoxy groups -OCH3 is 1. The summed E-state index contributed by atoms with van der Waals surface area (Å²) in [6.07, 6.45) is 0. The number of carbonyl (C=O) groups excluding carboxylic acids is 1. The summed E-state index contributed by atoms with van der Waals surface area (Å²) < 4.78 is 32.0. The quantitative estimate of drug-likeness (QED) is 0.683. The molecular weight excluding hydrogens is 264 g/mol. The Balaban J connectivity index is 3.31. The first-order valence-electron chi connectivity index (χ1n) is 5.20. The summed E-state index contributed by atoms with van der Waals surface area (Å²) in [5, 5.41) is -0.248. The molecule has 1 rings (SSSR count). The minimum absolute atomic E-state index is 0.248. The fourth-order valence-corrected chi connectivity index (χ4v) is 1.74. The molecule has 0 aliphatic heterocycles. The molecule has 0 radical (unpaired) electrons. The Kier molecular flexibility index (Phi) is 4.29. The van der Waals surface area contributed by atoms with E-state index in [4.69, 9.17) is 17.3 Å². The number of halogens is 3. The maximum Gasteiger partial charge on any atom is 0.313 e. The molecule has 0 spiro atoms. The summed E-state index contributed by atoms with van der Waals surface area (Å²) >= 11 is 5.58. The Morgan fingerprint density at radius 3 is 2.50 bits per heavy atom. The van der Waals surface area contributed by atoms with Gasteiger partial charge in [0.05, 0.1) is 23.6 Å². The van der Waals surface area contributed by atoms with Crippen molar-refractivity contribution in [2.45, 2.75) is 19.9 Å². The van der Waals surface area contributed by atoms with E-state index in [1.54, 1.807) is 0 Å². The van der Waals surface area contributed by atoms with Crippen LogP contribution < -0.4 is 5.73 Å². The van der Waals surface area contributed by atoms with Gasteiger partial charge in [0.2, 0.25) is 0 Å². The fraction of sp³-hybridized carbons (Fsp3) is 0.417. The minimum atomic E-state index is -1.28. The maximum absolute atomic E-state index is 13.8. The monoisotopic (exact) mass is 277 g/mol. The topological polar surface area (TPSA) is 52.3 Å². The van der Waals surface area contributed by atoms with E-state index in [-0.39, 0.29) is 5.02 Å². The Morgan fingerprint density at radius 1 is 1.44 bits per heavy atom. The molecule has 100 valence electrons. The second-order valence-electron chi connectivity index (χ2n) is 4.45. The molecule has 0 saturated heterocycles. The molecule has 3 nitrogen and oxygen atoms in total. The molecule has 0 aliphatic carbocycles. The van der Waals surface area contributed by atoms with Gasteiger partial charge >= 0.3 is 5.97 Å². The highest BCUT2D eigenvalue weighted by molar-refractivity contribution is 6.30. The van der Waals surface area contributed by atoms with E-state index in [1.165, 1.54) is 21.0 Å². The number of hydrogen-bond acceptors (Lipinski definition) is 3. The number of hydrogen-bond donors (Lipinski definition) is 1. The van der Waals surface area contributed by atoms with Crippen LogP contribution in [0.5, 0.6) is 0 Å². The molecule has 1 aromatic rings. The first kappa shape index (κ1) is 14.9. The number of carbonyl (C=O) groups is 1. The molecule has 2 N–H and O–H groups in total. The van der Waals surface area contributed by atoms with Crippen LogP contribution >= 0.6 is 11.6 Å². The average Bonchev–Trinajstić information content (AvgIpc) is 2.33. The molecule has 18 heavy (non-hydrogen) atoms. The van der Waals surface area contributed by atoms with E-state index >= 15 is 0 Å². The standard InChI is InChI=1S/C12H14ClF2NO2/c1-12(2,11(17)18-3)10(16)8-7(14)5-4-6(13)9(8)15/h4-5,10H,16H2,1-3H3/t10-/m1/s1. The number of benzene rings is 1. The molecule has 0 amide bonds. The van der Waals surface area contributed by atoms with Crippen molar-refractivity contribution in [2.24, 2.45) is 11.1 Å². The van der Waals surface area contributed by atoms with E-state index in [2.05, 4.69) is 4.74 Å². The summed E-state index contributed by atoms with van der Waals surface area (Å²) in [6.45, 7) is 2.90. The summed E-state index contributed by atoms with van der Waals surface area (Å²) in [7, 11) is 1.18. The van der Waals surface area contributed by atoms with E-state index in [0.29, 0.717) is 0 Å². The molecule has 0 fully saturated rings. The second kappa shape index (κ2) is 5.20. The zero-order chi connectivity index (χ0) is 14.1. The van der Waals surface area contributed by atoms with Crippen molar-refractivity contribution in [1.82, 2.24) is 0 Å². The smallest absolute Gasteiger partial charge is 0.313 e. The predicted molar refractivity (Wildman–Crippen MR) is 64.1 cm³/mol.